The van der Waals surface area contributed by atoms with Crippen molar-refractivity contribution in [1.29, 1.82) is 0 Å². The van der Waals surface area contributed by atoms with E-state index in [4.69, 9.17) is 4.42 Å². The number of hydrogen-bond donors (Lipinski definition) is 1. The Morgan fingerprint density at radius 2 is 1.69 bits per heavy atom. The number of nitrogens with one attached hydrogen (secondary N) is 1. The lowest BCUT2D eigenvalue weighted by molar-refractivity contribution is 0.501. The minimum Gasteiger partial charge on any atom is -0.440 e. The summed E-state index contributed by atoms with van der Waals surface area (Å²) in [6.07, 6.45) is 0. The molecule has 1 N–H and O–H groups in total. The highest BCUT2D eigenvalue weighted by molar-refractivity contribution is 7.92. The second-order valence-electron chi connectivity index (χ2n) is 7.77. The molecule has 0 saturated carbocycles. The van der Waals surface area contributed by atoms with Gasteiger partial charge >= 0.3 is 0 Å². The number of benzene rings is 2. The van der Waals surface area contributed by atoms with Gasteiger partial charge in [-0.05, 0) is 35.2 Å². The number of nitrogens with zero attached hydrogens (tertiary/aromatic N) is 1. The van der Waals surface area contributed by atoms with E-state index >= 15 is 0 Å². The number of rotatable bonds is 4. The van der Waals surface area contributed by atoms with Gasteiger partial charge in [0, 0.05) is 12.0 Å². The highest BCUT2D eigenvalue weighted by atomic mass is 32.2. The summed E-state index contributed by atoms with van der Waals surface area (Å²) in [5, 5.41) is 0. The molecule has 26 heavy (non-hydrogen) atoms. The van der Waals surface area contributed by atoms with Gasteiger partial charge in [0.25, 0.3) is 10.0 Å². The van der Waals surface area contributed by atoms with E-state index < -0.39 is 10.0 Å². The highest BCUT2D eigenvalue weighted by Gasteiger charge is 2.18. The molecule has 0 saturated heterocycles. The van der Waals surface area contributed by atoms with E-state index in [9.17, 15) is 8.42 Å². The minimum absolute atomic E-state index is 0.0266. The van der Waals surface area contributed by atoms with Gasteiger partial charge in [0.05, 0.1) is 10.6 Å². The molecule has 3 rings (SSSR count). The van der Waals surface area contributed by atoms with Crippen LogP contribution in [-0.2, 0) is 15.4 Å². The molecule has 0 atom stereocenters. The number of anilines is 1. The van der Waals surface area contributed by atoms with E-state index in [1.165, 1.54) is 0 Å². The van der Waals surface area contributed by atoms with Crippen LogP contribution in [-0.4, -0.2) is 13.4 Å². The van der Waals surface area contributed by atoms with Gasteiger partial charge in [-0.15, -0.1) is 0 Å². The summed E-state index contributed by atoms with van der Waals surface area (Å²) < 4.78 is 33.6. The molecule has 2 aromatic carbocycles. The summed E-state index contributed by atoms with van der Waals surface area (Å²) in [5.41, 5.74) is 2.79. The Kier molecular flexibility index (Phi) is 4.56. The largest absolute Gasteiger partial charge is 0.440 e. The zero-order chi connectivity index (χ0) is 19.1. The SMILES string of the molecule is CC(C)c1nc2ccc(NS(=O)(=O)c3ccc(C(C)(C)C)cc3)cc2o1. The fourth-order valence-electron chi connectivity index (χ4n) is 2.60. The molecule has 0 spiro atoms. The summed E-state index contributed by atoms with van der Waals surface area (Å²) in [4.78, 5) is 4.62. The van der Waals surface area contributed by atoms with Crippen LogP contribution >= 0.6 is 0 Å². The third kappa shape index (κ3) is 3.75. The van der Waals surface area contributed by atoms with Crippen LogP contribution < -0.4 is 4.72 Å². The van der Waals surface area contributed by atoms with Crippen LogP contribution in [0.5, 0.6) is 0 Å². The van der Waals surface area contributed by atoms with Crippen molar-refractivity contribution < 1.29 is 12.8 Å². The molecule has 0 fully saturated rings. The second-order valence-corrected chi connectivity index (χ2v) is 9.45. The van der Waals surface area contributed by atoms with Gasteiger partial charge < -0.3 is 4.42 Å². The Balaban J connectivity index is 1.88. The average molecular weight is 372 g/mol. The van der Waals surface area contributed by atoms with Crippen molar-refractivity contribution in [1.82, 2.24) is 4.98 Å². The molecule has 0 unspecified atom stereocenters. The van der Waals surface area contributed by atoms with Gasteiger partial charge in [-0.1, -0.05) is 46.8 Å². The van der Waals surface area contributed by atoms with Gasteiger partial charge in [0.15, 0.2) is 11.5 Å². The lowest BCUT2D eigenvalue weighted by Crippen LogP contribution is -2.14. The predicted molar refractivity (Wildman–Crippen MR) is 104 cm³/mol. The third-order valence-electron chi connectivity index (χ3n) is 4.18. The van der Waals surface area contributed by atoms with Crippen molar-refractivity contribution >= 4 is 26.8 Å². The first kappa shape index (κ1) is 18.5. The molecule has 0 bridgehead atoms. The van der Waals surface area contributed by atoms with Crippen LogP contribution in [0.3, 0.4) is 0 Å². The monoisotopic (exact) mass is 372 g/mol. The summed E-state index contributed by atoms with van der Waals surface area (Å²) in [6, 6.07) is 12.1. The molecular weight excluding hydrogens is 348 g/mol. The molecule has 0 aliphatic carbocycles. The van der Waals surface area contributed by atoms with Crippen LogP contribution in [0.1, 0.15) is 52.0 Å². The molecule has 1 heterocycles. The van der Waals surface area contributed by atoms with Crippen LogP contribution in [0.25, 0.3) is 11.1 Å². The standard InChI is InChI=1S/C20H24N2O3S/c1-13(2)19-21-17-11-8-15(12-18(17)25-19)22-26(23,24)16-9-6-14(7-10-16)20(3,4)5/h6-13,22H,1-5H3. The van der Waals surface area contributed by atoms with Crippen molar-refractivity contribution in [2.75, 3.05) is 4.72 Å². The maximum absolute atomic E-state index is 12.7. The van der Waals surface area contributed by atoms with E-state index in [0.29, 0.717) is 22.7 Å². The average Bonchev–Trinajstić information content (AvgIpc) is 2.97. The summed E-state index contributed by atoms with van der Waals surface area (Å²) in [6.45, 7) is 10.3. The van der Waals surface area contributed by atoms with E-state index in [2.05, 4.69) is 30.5 Å². The Morgan fingerprint density at radius 1 is 1.04 bits per heavy atom. The number of sulfonamides is 1. The van der Waals surface area contributed by atoms with Crippen molar-refractivity contribution in [3.8, 4) is 0 Å². The molecule has 0 aliphatic rings. The summed E-state index contributed by atoms with van der Waals surface area (Å²) in [7, 11) is -3.67. The van der Waals surface area contributed by atoms with Crippen LogP contribution in [0.4, 0.5) is 5.69 Å². The van der Waals surface area contributed by atoms with E-state index in [-0.39, 0.29) is 16.2 Å². The molecule has 0 aliphatic heterocycles. The van der Waals surface area contributed by atoms with Gasteiger partial charge in [-0.2, -0.15) is 0 Å². The molecule has 138 valence electrons. The molecule has 1 aromatic heterocycles. The van der Waals surface area contributed by atoms with Crippen LogP contribution in [0.2, 0.25) is 0 Å². The lowest BCUT2D eigenvalue weighted by Gasteiger charge is -2.19. The molecule has 5 nitrogen and oxygen atoms in total. The number of oxazole rings is 1. The molecular formula is C20H24N2O3S. The quantitative estimate of drug-likeness (QED) is 0.695. The maximum Gasteiger partial charge on any atom is 0.261 e. The van der Waals surface area contributed by atoms with Crippen molar-refractivity contribution in [3.63, 3.8) is 0 Å². The topological polar surface area (TPSA) is 72.2 Å². The third-order valence-corrected chi connectivity index (χ3v) is 5.58. The van der Waals surface area contributed by atoms with Crippen molar-refractivity contribution in [3.05, 3.63) is 53.9 Å². The first-order chi connectivity index (χ1) is 12.1. The summed E-state index contributed by atoms with van der Waals surface area (Å²) in [5.74, 6) is 0.807. The predicted octanol–water partition coefficient (Wildman–Crippen LogP) is 5.05. The highest BCUT2D eigenvalue weighted by Crippen LogP contribution is 2.27. The van der Waals surface area contributed by atoms with E-state index in [0.717, 1.165) is 5.56 Å². The van der Waals surface area contributed by atoms with Crippen molar-refractivity contribution in [2.45, 2.75) is 50.8 Å². The normalized spacial score (nSPS) is 12.7. The molecule has 0 radical (unpaired) electrons. The first-order valence-electron chi connectivity index (χ1n) is 8.60. The fraction of sp³-hybridized carbons (Fsp3) is 0.350. The number of fused-ring (bicyclic) bond motifs is 1. The Bertz CT molecular complexity index is 1030. The lowest BCUT2D eigenvalue weighted by atomic mass is 9.87. The molecule has 0 amide bonds. The number of hydrogen-bond acceptors (Lipinski definition) is 4. The Labute approximate surface area is 154 Å². The molecule has 6 heteroatoms. The smallest absolute Gasteiger partial charge is 0.261 e. The first-order valence-corrected chi connectivity index (χ1v) is 10.1. The fourth-order valence-corrected chi connectivity index (χ4v) is 3.65. The Morgan fingerprint density at radius 3 is 2.27 bits per heavy atom. The van der Waals surface area contributed by atoms with Crippen LogP contribution in [0.15, 0.2) is 51.8 Å². The zero-order valence-electron chi connectivity index (χ0n) is 15.7. The second kappa shape index (κ2) is 6.43. The minimum atomic E-state index is -3.67. The van der Waals surface area contributed by atoms with Gasteiger partial charge in [-0.25, -0.2) is 13.4 Å². The van der Waals surface area contributed by atoms with Crippen molar-refractivity contribution in [2.24, 2.45) is 0 Å². The summed E-state index contributed by atoms with van der Waals surface area (Å²) >= 11 is 0. The van der Waals surface area contributed by atoms with Gasteiger partial charge in [0.1, 0.15) is 5.52 Å². The van der Waals surface area contributed by atoms with Gasteiger partial charge in [-0.3, -0.25) is 4.72 Å². The number of aromatic nitrogens is 1. The maximum atomic E-state index is 12.7. The Hall–Kier alpha value is -2.34. The van der Waals surface area contributed by atoms with E-state index in [1.807, 2.05) is 26.0 Å². The zero-order valence-corrected chi connectivity index (χ0v) is 16.5. The van der Waals surface area contributed by atoms with Crippen LogP contribution in [0, 0.1) is 0 Å². The molecule has 3 aromatic rings. The van der Waals surface area contributed by atoms with E-state index in [1.54, 1.807) is 30.3 Å². The van der Waals surface area contributed by atoms with Gasteiger partial charge in [0.2, 0.25) is 0 Å².